The highest BCUT2D eigenvalue weighted by molar-refractivity contribution is 5.69. The van der Waals surface area contributed by atoms with Gasteiger partial charge in [-0.05, 0) is 18.9 Å². The van der Waals surface area contributed by atoms with Crippen molar-refractivity contribution in [3.8, 4) is 0 Å². The van der Waals surface area contributed by atoms with E-state index in [1.54, 1.807) is 4.90 Å². The molecule has 0 heterocycles. The third-order valence-corrected chi connectivity index (χ3v) is 3.64. The highest BCUT2D eigenvalue weighted by Crippen LogP contribution is 2.25. The van der Waals surface area contributed by atoms with Crippen LogP contribution in [0.4, 0.5) is 13.2 Å². The Kier molecular flexibility index (Phi) is 4.65. The van der Waals surface area contributed by atoms with Crippen LogP contribution < -0.4 is 0 Å². The van der Waals surface area contributed by atoms with Crippen LogP contribution in [0.3, 0.4) is 0 Å². The van der Waals surface area contributed by atoms with E-state index in [2.05, 4.69) is 0 Å². The Labute approximate surface area is 115 Å². The number of carboxylic acids is 1. The number of hydrogen-bond donors (Lipinski definition) is 1. The molecule has 1 fully saturated rings. The van der Waals surface area contributed by atoms with Gasteiger partial charge in [0.1, 0.15) is 5.82 Å². The lowest BCUT2D eigenvalue weighted by Gasteiger charge is -2.27. The summed E-state index contributed by atoms with van der Waals surface area (Å²) in [5.74, 6) is -4.22. The molecule has 0 amide bonds. The number of hydrogen-bond acceptors (Lipinski definition) is 2. The molecule has 0 bridgehead atoms. The minimum Gasteiger partial charge on any atom is -0.480 e. The Morgan fingerprint density at radius 2 is 1.75 bits per heavy atom. The van der Waals surface area contributed by atoms with Crippen molar-refractivity contribution in [1.82, 2.24) is 4.90 Å². The van der Waals surface area contributed by atoms with Crippen molar-refractivity contribution in [3.63, 3.8) is 0 Å². The van der Waals surface area contributed by atoms with Gasteiger partial charge >= 0.3 is 5.97 Å². The Morgan fingerprint density at radius 1 is 1.15 bits per heavy atom. The molecule has 1 N–H and O–H groups in total. The summed E-state index contributed by atoms with van der Waals surface area (Å²) in [5.41, 5.74) is -0.0166. The fourth-order valence-corrected chi connectivity index (χ4v) is 2.66. The van der Waals surface area contributed by atoms with Gasteiger partial charge in [-0.3, -0.25) is 9.69 Å². The van der Waals surface area contributed by atoms with Gasteiger partial charge < -0.3 is 5.11 Å². The predicted molar refractivity (Wildman–Crippen MR) is 66.6 cm³/mol. The van der Waals surface area contributed by atoms with Gasteiger partial charge in [0, 0.05) is 24.2 Å². The maximum Gasteiger partial charge on any atom is 0.317 e. The van der Waals surface area contributed by atoms with Crippen molar-refractivity contribution >= 4 is 5.97 Å². The molecule has 1 saturated carbocycles. The van der Waals surface area contributed by atoms with Crippen LogP contribution >= 0.6 is 0 Å². The lowest BCUT2D eigenvalue weighted by Crippen LogP contribution is -2.37. The summed E-state index contributed by atoms with van der Waals surface area (Å²) in [6.45, 7) is -0.261. The number of carbonyl (C=O) groups is 1. The number of nitrogens with zero attached hydrogens (tertiary/aromatic N) is 1. The second kappa shape index (κ2) is 6.26. The summed E-state index contributed by atoms with van der Waals surface area (Å²) >= 11 is 0. The Bertz CT molecular complexity index is 501. The van der Waals surface area contributed by atoms with Crippen LogP contribution in [-0.2, 0) is 11.3 Å². The van der Waals surface area contributed by atoms with E-state index in [0.29, 0.717) is 6.07 Å². The molecule has 0 radical (unpaired) electrons. The maximum absolute atomic E-state index is 13.6. The first-order valence-electron chi connectivity index (χ1n) is 6.56. The highest BCUT2D eigenvalue weighted by Gasteiger charge is 2.25. The van der Waals surface area contributed by atoms with E-state index >= 15 is 0 Å². The lowest BCUT2D eigenvalue weighted by atomic mass is 10.1. The van der Waals surface area contributed by atoms with Gasteiger partial charge in [0.2, 0.25) is 0 Å². The molecule has 1 aliphatic carbocycles. The first kappa shape index (κ1) is 14.8. The normalized spacial score (nSPS) is 16.0. The molecule has 0 unspecified atom stereocenters. The SMILES string of the molecule is O=C(O)CN(Cc1cc(F)c(F)cc1F)C1CCCC1. The molecular formula is C14H16F3NO2. The minimum absolute atomic E-state index is 0.0166. The number of rotatable bonds is 5. The zero-order valence-electron chi connectivity index (χ0n) is 10.9. The molecule has 6 heteroatoms. The van der Waals surface area contributed by atoms with Crippen molar-refractivity contribution < 1.29 is 23.1 Å². The van der Waals surface area contributed by atoms with Crippen molar-refractivity contribution in [2.75, 3.05) is 6.54 Å². The summed E-state index contributed by atoms with van der Waals surface area (Å²) < 4.78 is 39.7. The number of aliphatic carboxylic acids is 1. The fourth-order valence-electron chi connectivity index (χ4n) is 2.66. The van der Waals surface area contributed by atoms with Gasteiger partial charge in [0.25, 0.3) is 0 Å². The molecule has 1 aromatic rings. The average molecular weight is 287 g/mol. The van der Waals surface area contributed by atoms with E-state index in [0.717, 1.165) is 31.7 Å². The third kappa shape index (κ3) is 3.50. The summed E-state index contributed by atoms with van der Waals surface area (Å²) in [6.07, 6.45) is 3.69. The average Bonchev–Trinajstić information content (AvgIpc) is 2.88. The largest absolute Gasteiger partial charge is 0.480 e. The van der Waals surface area contributed by atoms with E-state index in [4.69, 9.17) is 5.11 Å². The monoisotopic (exact) mass is 287 g/mol. The van der Waals surface area contributed by atoms with E-state index in [9.17, 15) is 18.0 Å². The molecule has 1 aromatic carbocycles. The Hall–Kier alpha value is -1.56. The Morgan fingerprint density at radius 3 is 2.35 bits per heavy atom. The van der Waals surface area contributed by atoms with Crippen molar-refractivity contribution in [2.45, 2.75) is 38.3 Å². The van der Waals surface area contributed by atoms with Gasteiger partial charge in [0.05, 0.1) is 6.54 Å². The van der Waals surface area contributed by atoms with E-state index < -0.39 is 23.4 Å². The molecule has 2 rings (SSSR count). The summed E-state index contributed by atoms with van der Waals surface area (Å²) in [4.78, 5) is 12.5. The first-order valence-corrected chi connectivity index (χ1v) is 6.56. The zero-order valence-corrected chi connectivity index (χ0v) is 10.9. The molecule has 0 aromatic heterocycles. The van der Waals surface area contributed by atoms with E-state index in [1.165, 1.54) is 0 Å². The standard InChI is InChI=1S/C14H16F3NO2/c15-11-6-13(17)12(16)5-9(11)7-18(8-14(19)20)10-3-1-2-4-10/h5-6,10H,1-4,7-8H2,(H,19,20). The van der Waals surface area contributed by atoms with Crippen molar-refractivity contribution in [2.24, 2.45) is 0 Å². The van der Waals surface area contributed by atoms with Crippen LogP contribution in [0.1, 0.15) is 31.2 Å². The van der Waals surface area contributed by atoms with Gasteiger partial charge in [0.15, 0.2) is 11.6 Å². The molecule has 3 nitrogen and oxygen atoms in total. The van der Waals surface area contributed by atoms with Crippen LogP contribution in [0, 0.1) is 17.5 Å². The molecule has 1 aliphatic rings. The molecule has 0 aliphatic heterocycles. The first-order chi connectivity index (χ1) is 9.47. The van der Waals surface area contributed by atoms with Crippen LogP contribution in [0.15, 0.2) is 12.1 Å². The zero-order chi connectivity index (χ0) is 14.7. The molecule has 0 atom stereocenters. The summed E-state index contributed by atoms with van der Waals surface area (Å²) in [6, 6.07) is 1.35. The van der Waals surface area contributed by atoms with Gasteiger partial charge in [-0.15, -0.1) is 0 Å². The lowest BCUT2D eigenvalue weighted by molar-refractivity contribution is -0.139. The van der Waals surface area contributed by atoms with Gasteiger partial charge in [-0.1, -0.05) is 12.8 Å². The second-order valence-electron chi connectivity index (χ2n) is 5.09. The third-order valence-electron chi connectivity index (χ3n) is 3.64. The van der Waals surface area contributed by atoms with Crippen LogP contribution in [0.2, 0.25) is 0 Å². The van der Waals surface area contributed by atoms with Gasteiger partial charge in [-0.25, -0.2) is 13.2 Å². The summed E-state index contributed by atoms with van der Waals surface area (Å²) in [7, 11) is 0. The summed E-state index contributed by atoms with van der Waals surface area (Å²) in [5, 5.41) is 8.92. The number of carboxylic acid groups (broad SMARTS) is 1. The molecule has 20 heavy (non-hydrogen) atoms. The predicted octanol–water partition coefficient (Wildman–Crippen LogP) is 2.93. The fraction of sp³-hybridized carbons (Fsp3) is 0.500. The van der Waals surface area contributed by atoms with Gasteiger partial charge in [-0.2, -0.15) is 0 Å². The smallest absolute Gasteiger partial charge is 0.317 e. The van der Waals surface area contributed by atoms with Crippen molar-refractivity contribution in [3.05, 3.63) is 35.1 Å². The van der Waals surface area contributed by atoms with E-state index in [-0.39, 0.29) is 24.7 Å². The van der Waals surface area contributed by atoms with Crippen LogP contribution in [-0.4, -0.2) is 28.6 Å². The number of benzene rings is 1. The van der Waals surface area contributed by atoms with E-state index in [1.807, 2.05) is 0 Å². The second-order valence-corrected chi connectivity index (χ2v) is 5.09. The number of halogens is 3. The molecule has 0 saturated heterocycles. The van der Waals surface area contributed by atoms with Crippen LogP contribution in [0.25, 0.3) is 0 Å². The molecular weight excluding hydrogens is 271 g/mol. The van der Waals surface area contributed by atoms with Crippen LogP contribution in [0.5, 0.6) is 0 Å². The topological polar surface area (TPSA) is 40.5 Å². The molecule has 0 spiro atoms. The minimum atomic E-state index is -1.24. The Balaban J connectivity index is 2.18. The van der Waals surface area contributed by atoms with Crippen molar-refractivity contribution in [1.29, 1.82) is 0 Å². The highest BCUT2D eigenvalue weighted by atomic mass is 19.2. The maximum atomic E-state index is 13.6. The quantitative estimate of drug-likeness (QED) is 0.846. The molecule has 110 valence electrons.